The number of nitrogens with zero attached hydrogens (tertiary/aromatic N) is 2. The van der Waals surface area contributed by atoms with Gasteiger partial charge >= 0.3 is 0 Å². The fourth-order valence-electron chi connectivity index (χ4n) is 2.47. The second-order valence-corrected chi connectivity index (χ2v) is 5.94. The van der Waals surface area contributed by atoms with E-state index in [2.05, 4.69) is 53.8 Å². The van der Waals surface area contributed by atoms with Crippen molar-refractivity contribution in [3.63, 3.8) is 0 Å². The second-order valence-electron chi connectivity index (χ2n) is 5.08. The first kappa shape index (κ1) is 14.0. The Bertz CT molecular complexity index is 777. The largest absolute Gasteiger partial charge is 0.362 e. The van der Waals surface area contributed by atoms with Crippen LogP contribution in [0.2, 0.25) is 0 Å². The highest BCUT2D eigenvalue weighted by atomic mass is 32.1. The van der Waals surface area contributed by atoms with E-state index in [-0.39, 0.29) is 0 Å². The molecule has 0 amide bonds. The van der Waals surface area contributed by atoms with E-state index >= 15 is 0 Å². The molecule has 0 aliphatic rings. The molecule has 0 spiro atoms. The summed E-state index contributed by atoms with van der Waals surface area (Å²) in [4.78, 5) is 9.34. The molecule has 0 saturated carbocycles. The Hall–Kier alpha value is -1.94. The average Bonchev–Trinajstić information content (AvgIpc) is 2.95. The highest BCUT2D eigenvalue weighted by Gasteiger charge is 2.10. The zero-order chi connectivity index (χ0) is 14.8. The van der Waals surface area contributed by atoms with Gasteiger partial charge in [0, 0.05) is 28.6 Å². The molecule has 0 atom stereocenters. The number of hydrogen-bond donors (Lipinski definition) is 1. The Labute approximate surface area is 129 Å². The predicted molar refractivity (Wildman–Crippen MR) is 91.1 cm³/mol. The molecule has 2 aromatic heterocycles. The lowest BCUT2D eigenvalue weighted by molar-refractivity contribution is 1.14. The summed E-state index contributed by atoms with van der Waals surface area (Å²) in [5, 5.41) is 7.55. The molecule has 3 nitrogen and oxygen atoms in total. The molecule has 2 heterocycles. The van der Waals surface area contributed by atoms with E-state index < -0.39 is 0 Å². The Morgan fingerprint density at radius 1 is 1.14 bits per heavy atom. The maximum atomic E-state index is 4.70. The van der Waals surface area contributed by atoms with Gasteiger partial charge in [0.25, 0.3) is 0 Å². The third-order valence-electron chi connectivity index (χ3n) is 3.52. The van der Waals surface area contributed by atoms with E-state index in [9.17, 15) is 0 Å². The summed E-state index contributed by atoms with van der Waals surface area (Å²) in [5.41, 5.74) is 5.60. The standard InChI is InChI=1S/C17H19N3S/c1-4-12-6-7-15-14(9-12)13(8-11(3)19-15)16-10-21-17(20-16)18-5-2/h6-10H,4-5H2,1-3H3,(H,18,20). The normalized spacial score (nSPS) is 11.0. The van der Waals surface area contributed by atoms with Gasteiger partial charge in [-0.3, -0.25) is 4.98 Å². The van der Waals surface area contributed by atoms with Crippen molar-refractivity contribution in [3.8, 4) is 11.3 Å². The fraction of sp³-hybridized carbons (Fsp3) is 0.294. The number of aryl methyl sites for hydroxylation is 2. The van der Waals surface area contributed by atoms with E-state index in [1.54, 1.807) is 11.3 Å². The number of hydrogen-bond acceptors (Lipinski definition) is 4. The Balaban J connectivity index is 2.18. The van der Waals surface area contributed by atoms with Crippen molar-refractivity contribution in [3.05, 3.63) is 40.9 Å². The summed E-state index contributed by atoms with van der Waals surface area (Å²) >= 11 is 1.65. The van der Waals surface area contributed by atoms with Gasteiger partial charge in [-0.2, -0.15) is 0 Å². The molecular formula is C17H19N3S. The number of thiazole rings is 1. The van der Waals surface area contributed by atoms with Crippen LogP contribution in [-0.4, -0.2) is 16.5 Å². The molecule has 21 heavy (non-hydrogen) atoms. The van der Waals surface area contributed by atoms with Crippen LogP contribution in [0.5, 0.6) is 0 Å². The van der Waals surface area contributed by atoms with Crippen LogP contribution in [0.25, 0.3) is 22.2 Å². The van der Waals surface area contributed by atoms with Crippen molar-refractivity contribution in [1.29, 1.82) is 0 Å². The van der Waals surface area contributed by atoms with Gasteiger partial charge in [-0.05, 0) is 44.0 Å². The number of anilines is 1. The maximum absolute atomic E-state index is 4.70. The first-order valence-corrected chi connectivity index (χ1v) is 8.19. The molecule has 1 aromatic carbocycles. The number of benzene rings is 1. The maximum Gasteiger partial charge on any atom is 0.183 e. The fourth-order valence-corrected chi connectivity index (χ4v) is 3.25. The van der Waals surface area contributed by atoms with Gasteiger partial charge < -0.3 is 5.32 Å². The lowest BCUT2D eigenvalue weighted by Gasteiger charge is -2.07. The van der Waals surface area contributed by atoms with Crippen LogP contribution in [0, 0.1) is 6.92 Å². The van der Waals surface area contributed by atoms with Gasteiger partial charge in [0.15, 0.2) is 5.13 Å². The summed E-state index contributed by atoms with van der Waals surface area (Å²) < 4.78 is 0. The average molecular weight is 297 g/mol. The monoisotopic (exact) mass is 297 g/mol. The quantitative estimate of drug-likeness (QED) is 0.761. The van der Waals surface area contributed by atoms with Crippen LogP contribution in [0.4, 0.5) is 5.13 Å². The molecule has 108 valence electrons. The second kappa shape index (κ2) is 5.82. The van der Waals surface area contributed by atoms with Crippen molar-refractivity contribution in [2.24, 2.45) is 0 Å². The molecule has 0 bridgehead atoms. The molecule has 0 aliphatic carbocycles. The number of rotatable bonds is 4. The Morgan fingerprint density at radius 3 is 2.76 bits per heavy atom. The molecule has 0 unspecified atom stereocenters. The van der Waals surface area contributed by atoms with Crippen LogP contribution >= 0.6 is 11.3 Å². The van der Waals surface area contributed by atoms with Gasteiger partial charge in [0.2, 0.25) is 0 Å². The van der Waals surface area contributed by atoms with Crippen molar-refractivity contribution in [2.75, 3.05) is 11.9 Å². The summed E-state index contributed by atoms with van der Waals surface area (Å²) in [6.45, 7) is 7.19. The predicted octanol–water partition coefficient (Wildman–Crippen LogP) is 4.66. The molecule has 3 rings (SSSR count). The lowest BCUT2D eigenvalue weighted by atomic mass is 10.0. The molecular weight excluding hydrogens is 278 g/mol. The lowest BCUT2D eigenvalue weighted by Crippen LogP contribution is -1.95. The van der Waals surface area contributed by atoms with E-state index in [4.69, 9.17) is 4.98 Å². The minimum Gasteiger partial charge on any atom is -0.362 e. The number of nitrogens with one attached hydrogen (secondary N) is 1. The number of pyridine rings is 1. The topological polar surface area (TPSA) is 37.8 Å². The van der Waals surface area contributed by atoms with E-state index in [1.807, 2.05) is 6.92 Å². The van der Waals surface area contributed by atoms with Crippen molar-refractivity contribution in [1.82, 2.24) is 9.97 Å². The van der Waals surface area contributed by atoms with Gasteiger partial charge in [-0.25, -0.2) is 4.98 Å². The third kappa shape index (κ3) is 2.76. The highest BCUT2D eigenvalue weighted by Crippen LogP contribution is 2.31. The van der Waals surface area contributed by atoms with E-state index in [0.717, 1.165) is 35.0 Å². The zero-order valence-electron chi connectivity index (χ0n) is 12.6. The smallest absolute Gasteiger partial charge is 0.183 e. The van der Waals surface area contributed by atoms with Gasteiger partial charge in [-0.1, -0.05) is 13.0 Å². The first-order chi connectivity index (χ1) is 10.2. The van der Waals surface area contributed by atoms with Gasteiger partial charge in [0.1, 0.15) is 0 Å². The highest BCUT2D eigenvalue weighted by molar-refractivity contribution is 7.14. The zero-order valence-corrected chi connectivity index (χ0v) is 13.4. The molecule has 0 aliphatic heterocycles. The molecule has 0 radical (unpaired) electrons. The number of fused-ring (bicyclic) bond motifs is 1. The van der Waals surface area contributed by atoms with Crippen LogP contribution in [0.3, 0.4) is 0 Å². The Morgan fingerprint density at radius 2 is 2.00 bits per heavy atom. The van der Waals surface area contributed by atoms with E-state index in [1.165, 1.54) is 16.5 Å². The molecule has 0 fully saturated rings. The molecule has 0 saturated heterocycles. The van der Waals surface area contributed by atoms with Crippen molar-refractivity contribution < 1.29 is 0 Å². The summed E-state index contributed by atoms with van der Waals surface area (Å²) in [6, 6.07) is 8.64. The van der Waals surface area contributed by atoms with Crippen LogP contribution in [0.15, 0.2) is 29.6 Å². The SMILES string of the molecule is CCNc1nc(-c2cc(C)nc3ccc(CC)cc23)cs1. The Kier molecular flexibility index (Phi) is 3.88. The van der Waals surface area contributed by atoms with Gasteiger partial charge in [0.05, 0.1) is 11.2 Å². The third-order valence-corrected chi connectivity index (χ3v) is 4.32. The van der Waals surface area contributed by atoms with Gasteiger partial charge in [-0.15, -0.1) is 11.3 Å². The molecule has 3 aromatic rings. The van der Waals surface area contributed by atoms with Crippen LogP contribution in [0.1, 0.15) is 25.1 Å². The van der Waals surface area contributed by atoms with E-state index in [0.29, 0.717) is 0 Å². The minimum atomic E-state index is 0.892. The molecule has 4 heteroatoms. The number of aromatic nitrogens is 2. The summed E-state index contributed by atoms with van der Waals surface area (Å²) in [7, 11) is 0. The summed E-state index contributed by atoms with van der Waals surface area (Å²) in [5.74, 6) is 0. The van der Waals surface area contributed by atoms with Crippen molar-refractivity contribution in [2.45, 2.75) is 27.2 Å². The first-order valence-electron chi connectivity index (χ1n) is 7.31. The van der Waals surface area contributed by atoms with Crippen LogP contribution < -0.4 is 5.32 Å². The van der Waals surface area contributed by atoms with Crippen LogP contribution in [-0.2, 0) is 6.42 Å². The van der Waals surface area contributed by atoms with Crippen molar-refractivity contribution >= 4 is 27.4 Å². The minimum absolute atomic E-state index is 0.892. The summed E-state index contributed by atoms with van der Waals surface area (Å²) in [6.07, 6.45) is 1.03. The molecule has 1 N–H and O–H groups in total.